The average molecular weight is 277 g/mol. The maximum atomic E-state index is 12.2. The number of carbonyl (C=O) groups is 2. The van der Waals surface area contributed by atoms with E-state index in [-0.39, 0.29) is 11.7 Å². The molecule has 1 saturated carbocycles. The molecule has 0 atom stereocenters. The monoisotopic (exact) mass is 277 g/mol. The van der Waals surface area contributed by atoms with Crippen LogP contribution in [0.25, 0.3) is 0 Å². The Morgan fingerprint density at radius 2 is 2.10 bits per heavy atom. The van der Waals surface area contributed by atoms with Gasteiger partial charge in [0, 0.05) is 12.6 Å². The lowest BCUT2D eigenvalue weighted by Gasteiger charge is -2.27. The molecule has 6 heteroatoms. The van der Waals surface area contributed by atoms with Crippen LogP contribution < -0.4 is 5.32 Å². The first-order valence-electron chi connectivity index (χ1n) is 6.88. The molecule has 1 aliphatic rings. The lowest BCUT2D eigenvalue weighted by atomic mass is 10.2. The number of amides is 2. The molecule has 1 fully saturated rings. The Morgan fingerprint density at radius 1 is 1.40 bits per heavy atom. The fourth-order valence-electron chi connectivity index (χ4n) is 2.57. The van der Waals surface area contributed by atoms with Gasteiger partial charge in [0.15, 0.2) is 0 Å². The Hall–Kier alpha value is -2.11. The number of hydrogen-bond acceptors (Lipinski definition) is 3. The van der Waals surface area contributed by atoms with Gasteiger partial charge >= 0.3 is 12.0 Å². The summed E-state index contributed by atoms with van der Waals surface area (Å²) in [5, 5.41) is 11.5. The normalized spacial score (nSPS) is 15.1. The van der Waals surface area contributed by atoms with Crippen molar-refractivity contribution < 1.29 is 14.7 Å². The van der Waals surface area contributed by atoms with Crippen molar-refractivity contribution in [3.8, 4) is 0 Å². The lowest BCUT2D eigenvalue weighted by molar-refractivity contribution is 0.0690. The molecule has 1 aliphatic carbocycles. The van der Waals surface area contributed by atoms with Crippen LogP contribution >= 0.6 is 0 Å². The van der Waals surface area contributed by atoms with Gasteiger partial charge in [0.1, 0.15) is 5.69 Å². The molecule has 108 valence electrons. The molecule has 2 amide bonds. The van der Waals surface area contributed by atoms with Crippen LogP contribution in [-0.2, 0) is 0 Å². The molecule has 6 nitrogen and oxygen atoms in total. The highest BCUT2D eigenvalue weighted by atomic mass is 16.4. The minimum Gasteiger partial charge on any atom is -0.477 e. The van der Waals surface area contributed by atoms with E-state index in [1.165, 1.54) is 25.1 Å². The van der Waals surface area contributed by atoms with Gasteiger partial charge in [0.2, 0.25) is 0 Å². The third-order valence-electron chi connectivity index (χ3n) is 3.60. The minimum atomic E-state index is -1.08. The number of urea groups is 1. The summed E-state index contributed by atoms with van der Waals surface area (Å²) in [5.41, 5.74) is 0.475. The van der Waals surface area contributed by atoms with E-state index in [0.717, 1.165) is 12.8 Å². The van der Waals surface area contributed by atoms with E-state index < -0.39 is 5.97 Å². The quantitative estimate of drug-likeness (QED) is 0.886. The molecule has 1 heterocycles. The number of nitrogens with one attached hydrogen (secondary N) is 1. The lowest BCUT2D eigenvalue weighted by Crippen LogP contribution is -2.41. The molecule has 1 aromatic rings. The van der Waals surface area contributed by atoms with Gasteiger partial charge in [-0.05, 0) is 31.9 Å². The van der Waals surface area contributed by atoms with Gasteiger partial charge in [-0.2, -0.15) is 0 Å². The number of rotatable bonds is 4. The molecule has 0 radical (unpaired) electrons. The van der Waals surface area contributed by atoms with Crippen molar-refractivity contribution in [2.75, 3.05) is 11.9 Å². The molecule has 0 bridgehead atoms. The molecule has 0 aromatic carbocycles. The van der Waals surface area contributed by atoms with Gasteiger partial charge in [-0.15, -0.1) is 0 Å². The molecule has 2 N–H and O–H groups in total. The van der Waals surface area contributed by atoms with Gasteiger partial charge in [-0.1, -0.05) is 12.8 Å². The Kier molecular flexibility index (Phi) is 4.55. The summed E-state index contributed by atoms with van der Waals surface area (Å²) in [6.07, 6.45) is 5.81. The molecule has 1 aromatic heterocycles. The van der Waals surface area contributed by atoms with Gasteiger partial charge in [-0.3, -0.25) is 0 Å². The first-order valence-corrected chi connectivity index (χ1v) is 6.88. The summed E-state index contributed by atoms with van der Waals surface area (Å²) < 4.78 is 0. The van der Waals surface area contributed by atoms with Crippen molar-refractivity contribution in [1.82, 2.24) is 9.88 Å². The van der Waals surface area contributed by atoms with E-state index in [9.17, 15) is 9.59 Å². The molecule has 0 unspecified atom stereocenters. The second kappa shape index (κ2) is 6.36. The summed E-state index contributed by atoms with van der Waals surface area (Å²) >= 11 is 0. The first kappa shape index (κ1) is 14.3. The van der Waals surface area contributed by atoms with Crippen molar-refractivity contribution in [3.63, 3.8) is 0 Å². The van der Waals surface area contributed by atoms with Crippen LogP contribution in [0.2, 0.25) is 0 Å². The molecule has 2 rings (SSSR count). The van der Waals surface area contributed by atoms with Crippen molar-refractivity contribution in [3.05, 3.63) is 24.0 Å². The summed E-state index contributed by atoms with van der Waals surface area (Å²) in [6, 6.07) is 3.09. The third kappa shape index (κ3) is 3.26. The highest BCUT2D eigenvalue weighted by Gasteiger charge is 2.25. The minimum absolute atomic E-state index is 0.0360. The topological polar surface area (TPSA) is 82.5 Å². The number of aromatic nitrogens is 1. The van der Waals surface area contributed by atoms with Crippen molar-refractivity contribution in [2.24, 2.45) is 0 Å². The number of carboxylic acid groups (broad SMARTS) is 1. The molecule has 0 aliphatic heterocycles. The van der Waals surface area contributed by atoms with E-state index in [2.05, 4.69) is 10.3 Å². The zero-order valence-electron chi connectivity index (χ0n) is 11.5. The van der Waals surface area contributed by atoms with Crippen LogP contribution in [0.3, 0.4) is 0 Å². The van der Waals surface area contributed by atoms with Crippen LogP contribution in [0, 0.1) is 0 Å². The van der Waals surface area contributed by atoms with Gasteiger partial charge < -0.3 is 15.3 Å². The maximum absolute atomic E-state index is 12.2. The largest absolute Gasteiger partial charge is 0.477 e. The maximum Gasteiger partial charge on any atom is 0.354 e. The van der Waals surface area contributed by atoms with E-state index >= 15 is 0 Å². The number of pyridine rings is 1. The second-order valence-electron chi connectivity index (χ2n) is 4.89. The Balaban J connectivity index is 2.00. The smallest absolute Gasteiger partial charge is 0.354 e. The number of hydrogen-bond donors (Lipinski definition) is 2. The van der Waals surface area contributed by atoms with Crippen LogP contribution in [0.5, 0.6) is 0 Å². The highest BCUT2D eigenvalue weighted by molar-refractivity contribution is 5.90. The SMILES string of the molecule is CCN(C(=O)Nc1ccc(C(=O)O)nc1)C1CCCC1. The zero-order valence-corrected chi connectivity index (χ0v) is 11.5. The van der Waals surface area contributed by atoms with E-state index in [1.807, 2.05) is 11.8 Å². The Labute approximate surface area is 117 Å². The van der Waals surface area contributed by atoms with Gasteiger partial charge in [-0.25, -0.2) is 14.6 Å². The predicted molar refractivity (Wildman–Crippen MR) is 74.9 cm³/mol. The van der Waals surface area contributed by atoms with Crippen LogP contribution in [0.1, 0.15) is 43.1 Å². The molecular weight excluding hydrogens is 258 g/mol. The van der Waals surface area contributed by atoms with Crippen LogP contribution in [0.15, 0.2) is 18.3 Å². The number of nitrogens with zero attached hydrogens (tertiary/aromatic N) is 2. The summed E-state index contributed by atoms with van der Waals surface area (Å²) in [4.78, 5) is 28.5. The molecule has 20 heavy (non-hydrogen) atoms. The second-order valence-corrected chi connectivity index (χ2v) is 4.89. The summed E-state index contributed by atoms with van der Waals surface area (Å²) in [6.45, 7) is 2.63. The Bertz CT molecular complexity index is 481. The fourth-order valence-corrected chi connectivity index (χ4v) is 2.57. The van der Waals surface area contributed by atoms with Gasteiger partial charge in [0.05, 0.1) is 11.9 Å². The first-order chi connectivity index (χ1) is 9.61. The standard InChI is InChI=1S/C14H19N3O3/c1-2-17(11-5-3-4-6-11)14(20)16-10-7-8-12(13(18)19)15-9-10/h7-9,11H,2-6H2,1H3,(H,16,20)(H,18,19). The van der Waals surface area contributed by atoms with Crippen LogP contribution in [-0.4, -0.2) is 39.6 Å². The van der Waals surface area contributed by atoms with E-state index in [1.54, 1.807) is 6.07 Å². The molecular formula is C14H19N3O3. The van der Waals surface area contributed by atoms with Gasteiger partial charge in [0.25, 0.3) is 0 Å². The fraction of sp³-hybridized carbons (Fsp3) is 0.500. The van der Waals surface area contributed by atoms with E-state index in [0.29, 0.717) is 18.3 Å². The summed E-state index contributed by atoms with van der Waals surface area (Å²) in [7, 11) is 0. The molecule has 0 saturated heterocycles. The average Bonchev–Trinajstić information content (AvgIpc) is 2.94. The molecule has 0 spiro atoms. The van der Waals surface area contributed by atoms with Crippen LogP contribution in [0.4, 0.5) is 10.5 Å². The van der Waals surface area contributed by atoms with Crippen molar-refractivity contribution >= 4 is 17.7 Å². The highest BCUT2D eigenvalue weighted by Crippen LogP contribution is 2.23. The number of carboxylic acids is 1. The Morgan fingerprint density at radius 3 is 2.60 bits per heavy atom. The number of carbonyl (C=O) groups excluding carboxylic acids is 1. The van der Waals surface area contributed by atoms with E-state index in [4.69, 9.17) is 5.11 Å². The zero-order chi connectivity index (χ0) is 14.5. The third-order valence-corrected chi connectivity index (χ3v) is 3.60. The predicted octanol–water partition coefficient (Wildman–Crippen LogP) is 2.58. The van der Waals surface area contributed by atoms with Crippen molar-refractivity contribution in [2.45, 2.75) is 38.6 Å². The van der Waals surface area contributed by atoms with Crippen molar-refractivity contribution in [1.29, 1.82) is 0 Å². The number of anilines is 1. The summed E-state index contributed by atoms with van der Waals surface area (Å²) in [5.74, 6) is -1.08. The number of aromatic carboxylic acids is 1.